The highest BCUT2D eigenvalue weighted by Gasteiger charge is 2.25. The number of para-hydroxylation sites is 1. The lowest BCUT2D eigenvalue weighted by molar-refractivity contribution is -0.895. The Morgan fingerprint density at radius 2 is 1.85 bits per heavy atom. The van der Waals surface area contributed by atoms with Gasteiger partial charge in [0.15, 0.2) is 6.54 Å². The van der Waals surface area contributed by atoms with Gasteiger partial charge in [0.25, 0.3) is 5.91 Å². The fourth-order valence-corrected chi connectivity index (χ4v) is 3.12. The number of quaternary nitrogens is 1. The molecule has 1 aliphatic heterocycles. The van der Waals surface area contributed by atoms with Gasteiger partial charge in [-0.2, -0.15) is 0 Å². The fraction of sp³-hybridized carbons (Fsp3) is 0.526. The molecule has 2 rings (SSSR count). The number of nitrogens with zero attached hydrogens (tertiary/aromatic N) is 1. The maximum atomic E-state index is 12.3. The van der Waals surface area contributed by atoms with Crippen LogP contribution in [0.15, 0.2) is 24.3 Å². The Balaban J connectivity index is 1.73. The fourth-order valence-electron chi connectivity index (χ4n) is 3.12. The molecule has 1 aliphatic rings. The zero-order chi connectivity index (χ0) is 18.9. The summed E-state index contributed by atoms with van der Waals surface area (Å²) in [5, 5.41) is 5.64. The van der Waals surface area contributed by atoms with Crippen molar-refractivity contribution < 1.29 is 19.3 Å². The molecule has 7 nitrogen and oxygen atoms in total. The van der Waals surface area contributed by atoms with Crippen LogP contribution >= 0.6 is 0 Å². The van der Waals surface area contributed by atoms with Crippen LogP contribution in [0.25, 0.3) is 0 Å². The number of aryl methyl sites for hydroxylation is 1. The minimum Gasteiger partial charge on any atom is -0.356 e. The van der Waals surface area contributed by atoms with Crippen molar-refractivity contribution in [1.82, 2.24) is 10.2 Å². The molecule has 0 spiro atoms. The second kappa shape index (κ2) is 9.91. The third kappa shape index (κ3) is 6.15. The monoisotopic (exact) mass is 361 g/mol. The number of benzene rings is 1. The van der Waals surface area contributed by atoms with Crippen LogP contribution < -0.4 is 15.5 Å². The Labute approximate surface area is 154 Å². The van der Waals surface area contributed by atoms with Crippen molar-refractivity contribution in [1.29, 1.82) is 0 Å². The van der Waals surface area contributed by atoms with Crippen LogP contribution in [0.4, 0.5) is 5.69 Å². The Bertz CT molecular complexity index is 639. The standard InChI is InChI=1S/C19H28N4O3/c1-3-16-6-4-5-7-17(16)21-18(25)14-22-10-12-23(13-11-22)19(26)8-9-20-15(2)24/h4-7H,3,8-14H2,1-2H3,(H,20,24)(H,21,25)/p+1. The van der Waals surface area contributed by atoms with Crippen LogP contribution in [0.1, 0.15) is 25.8 Å². The first-order valence-electron chi connectivity index (χ1n) is 9.23. The Hall–Kier alpha value is -2.41. The van der Waals surface area contributed by atoms with E-state index in [4.69, 9.17) is 0 Å². The first-order chi connectivity index (χ1) is 12.5. The first kappa shape index (κ1) is 19.9. The van der Waals surface area contributed by atoms with Crippen molar-refractivity contribution in [2.75, 3.05) is 44.6 Å². The molecule has 0 saturated carbocycles. The summed E-state index contributed by atoms with van der Waals surface area (Å²) in [4.78, 5) is 38.3. The summed E-state index contributed by atoms with van der Waals surface area (Å²) >= 11 is 0. The molecule has 142 valence electrons. The van der Waals surface area contributed by atoms with Crippen LogP contribution in [0.2, 0.25) is 0 Å². The summed E-state index contributed by atoms with van der Waals surface area (Å²) in [7, 11) is 0. The maximum Gasteiger partial charge on any atom is 0.279 e. The van der Waals surface area contributed by atoms with Crippen molar-refractivity contribution in [2.45, 2.75) is 26.7 Å². The molecular formula is C19H29N4O3+. The Kier molecular flexibility index (Phi) is 7.59. The molecule has 1 saturated heterocycles. The van der Waals surface area contributed by atoms with Gasteiger partial charge in [0.05, 0.1) is 26.2 Å². The van der Waals surface area contributed by atoms with E-state index in [-0.39, 0.29) is 17.7 Å². The molecule has 0 bridgehead atoms. The second-order valence-corrected chi connectivity index (χ2v) is 6.60. The lowest BCUT2D eigenvalue weighted by atomic mass is 10.1. The van der Waals surface area contributed by atoms with Gasteiger partial charge in [-0.1, -0.05) is 25.1 Å². The van der Waals surface area contributed by atoms with E-state index in [1.54, 1.807) is 0 Å². The van der Waals surface area contributed by atoms with Gasteiger partial charge < -0.3 is 20.4 Å². The average molecular weight is 361 g/mol. The highest BCUT2D eigenvalue weighted by atomic mass is 16.2. The molecule has 0 atom stereocenters. The molecule has 0 radical (unpaired) electrons. The third-order valence-corrected chi connectivity index (χ3v) is 4.62. The Morgan fingerprint density at radius 1 is 1.15 bits per heavy atom. The molecule has 3 amide bonds. The van der Waals surface area contributed by atoms with Crippen LogP contribution in [0.3, 0.4) is 0 Å². The molecule has 0 aromatic heterocycles. The zero-order valence-corrected chi connectivity index (χ0v) is 15.6. The van der Waals surface area contributed by atoms with Crippen LogP contribution in [-0.2, 0) is 20.8 Å². The van der Waals surface area contributed by atoms with Gasteiger partial charge in [-0.25, -0.2) is 0 Å². The quantitative estimate of drug-likeness (QED) is 0.609. The number of anilines is 1. The van der Waals surface area contributed by atoms with Crippen molar-refractivity contribution in [3.8, 4) is 0 Å². The van der Waals surface area contributed by atoms with E-state index in [9.17, 15) is 14.4 Å². The van der Waals surface area contributed by atoms with E-state index in [0.717, 1.165) is 30.8 Å². The summed E-state index contributed by atoms with van der Waals surface area (Å²) < 4.78 is 0. The van der Waals surface area contributed by atoms with Gasteiger partial charge in [0.1, 0.15) is 0 Å². The van der Waals surface area contributed by atoms with Gasteiger partial charge >= 0.3 is 0 Å². The Morgan fingerprint density at radius 3 is 2.50 bits per heavy atom. The number of carbonyl (C=O) groups is 3. The number of nitrogens with one attached hydrogen (secondary N) is 3. The van der Waals surface area contributed by atoms with Gasteiger partial charge in [0, 0.05) is 25.6 Å². The van der Waals surface area contributed by atoms with E-state index in [1.165, 1.54) is 11.8 Å². The SMILES string of the molecule is CCc1ccccc1NC(=O)C[NH+]1CCN(C(=O)CCNC(C)=O)CC1. The lowest BCUT2D eigenvalue weighted by Gasteiger charge is -2.32. The average Bonchev–Trinajstić information content (AvgIpc) is 2.62. The zero-order valence-electron chi connectivity index (χ0n) is 15.6. The summed E-state index contributed by atoms with van der Waals surface area (Å²) in [5.41, 5.74) is 2.01. The minimum absolute atomic E-state index is 0.00587. The van der Waals surface area contributed by atoms with E-state index in [2.05, 4.69) is 17.6 Å². The lowest BCUT2D eigenvalue weighted by Crippen LogP contribution is -3.15. The number of hydrogen-bond donors (Lipinski definition) is 3. The number of piperazine rings is 1. The minimum atomic E-state index is -0.122. The van der Waals surface area contributed by atoms with Gasteiger partial charge in [-0.3, -0.25) is 14.4 Å². The van der Waals surface area contributed by atoms with E-state index < -0.39 is 0 Å². The van der Waals surface area contributed by atoms with Crippen LogP contribution in [0.5, 0.6) is 0 Å². The van der Waals surface area contributed by atoms with Crippen molar-refractivity contribution in [3.05, 3.63) is 29.8 Å². The molecule has 26 heavy (non-hydrogen) atoms. The summed E-state index contributed by atoms with van der Waals surface area (Å²) in [6.45, 7) is 7.10. The highest BCUT2D eigenvalue weighted by Crippen LogP contribution is 2.14. The number of rotatable bonds is 7. The molecule has 1 heterocycles. The topological polar surface area (TPSA) is 82.9 Å². The number of carbonyl (C=O) groups excluding carboxylic acids is 3. The third-order valence-electron chi connectivity index (χ3n) is 4.62. The molecule has 0 unspecified atom stereocenters. The van der Waals surface area contributed by atoms with Crippen molar-refractivity contribution in [2.24, 2.45) is 0 Å². The predicted molar refractivity (Wildman–Crippen MR) is 99.9 cm³/mol. The maximum absolute atomic E-state index is 12.3. The van der Waals surface area contributed by atoms with Crippen molar-refractivity contribution >= 4 is 23.4 Å². The predicted octanol–water partition coefficient (Wildman–Crippen LogP) is -0.559. The summed E-state index contributed by atoms with van der Waals surface area (Å²) in [5.74, 6) is -0.0619. The van der Waals surface area contributed by atoms with Gasteiger partial charge in [-0.15, -0.1) is 0 Å². The number of hydrogen-bond acceptors (Lipinski definition) is 3. The second-order valence-electron chi connectivity index (χ2n) is 6.60. The van der Waals surface area contributed by atoms with E-state index >= 15 is 0 Å². The molecule has 1 aromatic carbocycles. The molecule has 3 N–H and O–H groups in total. The molecular weight excluding hydrogens is 332 g/mol. The number of amides is 3. The molecule has 1 fully saturated rings. The normalized spacial score (nSPS) is 14.8. The van der Waals surface area contributed by atoms with Gasteiger partial charge in [-0.05, 0) is 18.1 Å². The van der Waals surface area contributed by atoms with E-state index in [1.807, 2.05) is 29.2 Å². The van der Waals surface area contributed by atoms with Crippen LogP contribution in [0, 0.1) is 0 Å². The summed E-state index contributed by atoms with van der Waals surface area (Å²) in [6, 6.07) is 7.85. The smallest absolute Gasteiger partial charge is 0.279 e. The van der Waals surface area contributed by atoms with Crippen molar-refractivity contribution in [3.63, 3.8) is 0 Å². The largest absolute Gasteiger partial charge is 0.356 e. The first-order valence-corrected chi connectivity index (χ1v) is 9.23. The highest BCUT2D eigenvalue weighted by molar-refractivity contribution is 5.92. The van der Waals surface area contributed by atoms with E-state index in [0.29, 0.717) is 32.6 Å². The molecule has 1 aromatic rings. The molecule has 7 heteroatoms. The van der Waals surface area contributed by atoms with Gasteiger partial charge in [0.2, 0.25) is 11.8 Å². The molecule has 0 aliphatic carbocycles. The summed E-state index contributed by atoms with van der Waals surface area (Å²) in [6.07, 6.45) is 1.20. The van der Waals surface area contributed by atoms with Crippen LogP contribution in [-0.4, -0.2) is 61.9 Å².